The van der Waals surface area contributed by atoms with Crippen LogP contribution < -0.4 is 16.4 Å². The van der Waals surface area contributed by atoms with Crippen molar-refractivity contribution in [2.24, 2.45) is 5.73 Å². The van der Waals surface area contributed by atoms with Crippen molar-refractivity contribution >= 4 is 27.7 Å². The number of rotatable bonds is 14. The molecule has 0 saturated heterocycles. The molecule has 184 valence electrons. The molecule has 0 aliphatic heterocycles. The standard InChI is InChI=1S/C24H31N3O6S/c25-23(29)21(15-17-34(31,32)20-12-6-2-7-13-20)27-22(28)14-8-3-9-16-26-24(30)33-18-19-10-4-1-5-11-19/h1-2,4-7,10-13,21H,3,8-9,14-18H2,(H2,25,29)(H,26,30)(H,27,28)/t21-/m1/s1. The second-order valence-electron chi connectivity index (χ2n) is 7.74. The fourth-order valence-corrected chi connectivity index (χ4v) is 4.48. The van der Waals surface area contributed by atoms with Crippen molar-refractivity contribution in [3.8, 4) is 0 Å². The van der Waals surface area contributed by atoms with E-state index in [4.69, 9.17) is 10.5 Å². The van der Waals surface area contributed by atoms with Crippen LogP contribution in [-0.2, 0) is 30.8 Å². The zero-order valence-electron chi connectivity index (χ0n) is 18.9. The molecule has 2 aromatic rings. The summed E-state index contributed by atoms with van der Waals surface area (Å²) in [7, 11) is -3.58. The monoisotopic (exact) mass is 489 g/mol. The minimum atomic E-state index is -3.58. The maximum Gasteiger partial charge on any atom is 0.407 e. The molecular weight excluding hydrogens is 458 g/mol. The van der Waals surface area contributed by atoms with E-state index in [-0.39, 0.29) is 36.0 Å². The predicted molar refractivity (Wildman–Crippen MR) is 127 cm³/mol. The van der Waals surface area contributed by atoms with E-state index in [1.165, 1.54) is 12.1 Å². The first-order valence-electron chi connectivity index (χ1n) is 11.1. The minimum absolute atomic E-state index is 0.104. The maximum atomic E-state index is 12.4. The number of nitrogens with two attached hydrogens (primary N) is 1. The second-order valence-corrected chi connectivity index (χ2v) is 9.85. The van der Waals surface area contributed by atoms with Crippen LogP contribution in [0.5, 0.6) is 0 Å². The quantitative estimate of drug-likeness (QED) is 0.347. The van der Waals surface area contributed by atoms with Crippen LogP contribution in [0.15, 0.2) is 65.6 Å². The van der Waals surface area contributed by atoms with Crippen LogP contribution in [0.2, 0.25) is 0 Å². The molecule has 0 bridgehead atoms. The molecule has 0 aliphatic rings. The SMILES string of the molecule is NC(=O)[C@@H](CCS(=O)(=O)c1ccccc1)NC(=O)CCCCCNC(=O)OCc1ccccc1. The highest BCUT2D eigenvalue weighted by Gasteiger charge is 2.22. The number of benzene rings is 2. The highest BCUT2D eigenvalue weighted by Crippen LogP contribution is 2.12. The van der Waals surface area contributed by atoms with Crippen molar-refractivity contribution in [2.75, 3.05) is 12.3 Å². The molecule has 1 atom stereocenters. The van der Waals surface area contributed by atoms with E-state index in [1.54, 1.807) is 18.2 Å². The molecule has 4 N–H and O–H groups in total. The normalized spacial score (nSPS) is 11.9. The first kappa shape index (κ1) is 26.8. The smallest absolute Gasteiger partial charge is 0.407 e. The van der Waals surface area contributed by atoms with Gasteiger partial charge in [0.2, 0.25) is 11.8 Å². The summed E-state index contributed by atoms with van der Waals surface area (Å²) in [4.78, 5) is 35.7. The van der Waals surface area contributed by atoms with Gasteiger partial charge in [-0.15, -0.1) is 0 Å². The Morgan fingerprint density at radius 1 is 0.912 bits per heavy atom. The lowest BCUT2D eigenvalue weighted by Gasteiger charge is -2.15. The van der Waals surface area contributed by atoms with Gasteiger partial charge in [-0.3, -0.25) is 9.59 Å². The Morgan fingerprint density at radius 2 is 1.56 bits per heavy atom. The predicted octanol–water partition coefficient (Wildman–Crippen LogP) is 2.31. The van der Waals surface area contributed by atoms with Crippen LogP contribution in [0.3, 0.4) is 0 Å². The number of nitrogens with one attached hydrogen (secondary N) is 2. The molecular formula is C24H31N3O6S. The fourth-order valence-electron chi connectivity index (χ4n) is 3.12. The van der Waals surface area contributed by atoms with E-state index in [0.29, 0.717) is 25.8 Å². The summed E-state index contributed by atoms with van der Waals surface area (Å²) in [5.74, 6) is -1.47. The van der Waals surface area contributed by atoms with Crippen molar-refractivity contribution in [1.29, 1.82) is 0 Å². The highest BCUT2D eigenvalue weighted by atomic mass is 32.2. The number of carbonyl (C=O) groups excluding carboxylic acids is 3. The van der Waals surface area contributed by atoms with E-state index >= 15 is 0 Å². The highest BCUT2D eigenvalue weighted by molar-refractivity contribution is 7.91. The van der Waals surface area contributed by atoms with Gasteiger partial charge in [-0.25, -0.2) is 13.2 Å². The van der Waals surface area contributed by atoms with Gasteiger partial charge in [0.1, 0.15) is 12.6 Å². The Labute approximate surface area is 200 Å². The van der Waals surface area contributed by atoms with Crippen LogP contribution in [0, 0.1) is 0 Å². The summed E-state index contributed by atoms with van der Waals surface area (Å²) in [5.41, 5.74) is 6.24. The average Bonchev–Trinajstić information content (AvgIpc) is 2.83. The Balaban J connectivity index is 1.61. The lowest BCUT2D eigenvalue weighted by atomic mass is 10.1. The van der Waals surface area contributed by atoms with E-state index in [1.807, 2.05) is 30.3 Å². The number of ether oxygens (including phenoxy) is 1. The van der Waals surface area contributed by atoms with Crippen LogP contribution in [0.1, 0.15) is 37.7 Å². The molecule has 0 aromatic heterocycles. The molecule has 0 radical (unpaired) electrons. The molecule has 2 rings (SSSR count). The molecule has 2 aromatic carbocycles. The van der Waals surface area contributed by atoms with Gasteiger partial charge in [0.25, 0.3) is 0 Å². The Bertz CT molecular complexity index is 1030. The van der Waals surface area contributed by atoms with Crippen molar-refractivity contribution < 1.29 is 27.5 Å². The van der Waals surface area contributed by atoms with Gasteiger partial charge < -0.3 is 21.1 Å². The summed E-state index contributed by atoms with van der Waals surface area (Å²) in [6, 6.07) is 16.2. The third-order valence-corrected chi connectivity index (χ3v) is 6.78. The van der Waals surface area contributed by atoms with Crippen molar-refractivity contribution in [3.63, 3.8) is 0 Å². The Hall–Kier alpha value is -3.40. The lowest BCUT2D eigenvalue weighted by Crippen LogP contribution is -2.45. The number of alkyl carbamates (subject to hydrolysis) is 1. The summed E-state index contributed by atoms with van der Waals surface area (Å²) in [6.07, 6.45) is 1.43. The average molecular weight is 490 g/mol. The number of unbranched alkanes of at least 4 members (excludes halogenated alkanes) is 2. The van der Waals surface area contributed by atoms with Crippen LogP contribution >= 0.6 is 0 Å². The molecule has 9 nitrogen and oxygen atoms in total. The maximum absolute atomic E-state index is 12.4. The molecule has 0 spiro atoms. The zero-order valence-corrected chi connectivity index (χ0v) is 19.8. The van der Waals surface area contributed by atoms with Gasteiger partial charge in [-0.2, -0.15) is 0 Å². The summed E-state index contributed by atoms with van der Waals surface area (Å²) in [5, 5.41) is 5.17. The topological polar surface area (TPSA) is 145 Å². The van der Waals surface area contributed by atoms with Gasteiger partial charge in [0.15, 0.2) is 9.84 Å². The zero-order chi connectivity index (χ0) is 24.8. The Kier molecular flexibility index (Phi) is 11.0. The summed E-state index contributed by atoms with van der Waals surface area (Å²) in [6.45, 7) is 0.608. The van der Waals surface area contributed by atoms with Gasteiger partial charge in [-0.05, 0) is 37.0 Å². The largest absolute Gasteiger partial charge is 0.445 e. The molecule has 0 saturated carbocycles. The first-order valence-corrected chi connectivity index (χ1v) is 12.7. The number of carbonyl (C=O) groups is 3. The molecule has 0 heterocycles. The van der Waals surface area contributed by atoms with Crippen LogP contribution in [0.4, 0.5) is 4.79 Å². The molecule has 0 unspecified atom stereocenters. The number of hydrogen-bond acceptors (Lipinski definition) is 6. The molecule has 10 heteroatoms. The van der Waals surface area contributed by atoms with Crippen molar-refractivity contribution in [2.45, 2.75) is 49.6 Å². The minimum Gasteiger partial charge on any atom is -0.445 e. The van der Waals surface area contributed by atoms with E-state index in [2.05, 4.69) is 10.6 Å². The van der Waals surface area contributed by atoms with Crippen molar-refractivity contribution in [3.05, 3.63) is 66.2 Å². The van der Waals surface area contributed by atoms with Crippen LogP contribution in [-0.4, -0.2) is 44.7 Å². The fraction of sp³-hybridized carbons (Fsp3) is 0.375. The molecule has 3 amide bonds. The van der Waals surface area contributed by atoms with Gasteiger partial charge in [0, 0.05) is 13.0 Å². The van der Waals surface area contributed by atoms with Gasteiger partial charge in [0.05, 0.1) is 10.6 Å². The van der Waals surface area contributed by atoms with E-state index in [0.717, 1.165) is 5.56 Å². The third-order valence-electron chi connectivity index (χ3n) is 5.02. The molecule has 34 heavy (non-hydrogen) atoms. The third kappa shape index (κ3) is 10.0. The molecule has 0 aliphatic carbocycles. The number of primary amides is 1. The number of sulfone groups is 1. The summed E-state index contributed by atoms with van der Waals surface area (Å²) < 4.78 is 29.9. The van der Waals surface area contributed by atoms with Gasteiger partial charge >= 0.3 is 6.09 Å². The number of hydrogen-bond donors (Lipinski definition) is 3. The van der Waals surface area contributed by atoms with E-state index < -0.39 is 27.9 Å². The van der Waals surface area contributed by atoms with Crippen molar-refractivity contribution in [1.82, 2.24) is 10.6 Å². The number of amides is 3. The molecule has 0 fully saturated rings. The lowest BCUT2D eigenvalue weighted by molar-refractivity contribution is -0.127. The van der Waals surface area contributed by atoms with Crippen LogP contribution in [0.25, 0.3) is 0 Å². The second kappa shape index (κ2) is 14.0. The van der Waals surface area contributed by atoms with E-state index in [9.17, 15) is 22.8 Å². The first-order chi connectivity index (χ1) is 16.3. The van der Waals surface area contributed by atoms with Gasteiger partial charge in [-0.1, -0.05) is 55.0 Å². The Morgan fingerprint density at radius 3 is 2.21 bits per heavy atom. The summed E-state index contributed by atoms with van der Waals surface area (Å²) >= 11 is 0.